The predicted octanol–water partition coefficient (Wildman–Crippen LogP) is 2.87. The maximum absolute atomic E-state index is 13.3. The maximum atomic E-state index is 13.3. The zero-order valence-corrected chi connectivity index (χ0v) is 23.1. The minimum Gasteiger partial charge on any atom is -0.493 e. The lowest BCUT2D eigenvalue weighted by Gasteiger charge is -2.40. The molecule has 4 atom stereocenters. The van der Waals surface area contributed by atoms with Crippen LogP contribution >= 0.6 is 11.6 Å². The number of aromatic nitrogens is 2. The van der Waals surface area contributed by atoms with E-state index in [-0.39, 0.29) is 24.5 Å². The summed E-state index contributed by atoms with van der Waals surface area (Å²) in [6.07, 6.45) is 0.0948. The molecule has 206 valence electrons. The molecule has 4 heterocycles. The molecule has 1 N–H and O–H groups in total. The first kappa shape index (κ1) is 26.9. The standard InChI is InChI=1S/C27H35ClN4O6/c1-16(33)27(4)14-32(25(34)22-13-36-26(2,3)38-22)12-19(27)17-6-7-20(35-5)21(8-17)37-18-10-31(11-18)24-9-23(28)29-15-30-24/h6-9,15-16,18-19,22,33H,10-14H2,1-5H3/t16-,19+,22+,27+/m1/s1. The highest BCUT2D eigenvalue weighted by Gasteiger charge is 2.50. The van der Waals surface area contributed by atoms with Gasteiger partial charge in [0.05, 0.1) is 32.9 Å². The van der Waals surface area contributed by atoms with Gasteiger partial charge in [0, 0.05) is 30.5 Å². The second kappa shape index (κ2) is 10.1. The van der Waals surface area contributed by atoms with Gasteiger partial charge in [-0.2, -0.15) is 0 Å². The fourth-order valence-electron chi connectivity index (χ4n) is 5.48. The maximum Gasteiger partial charge on any atom is 0.254 e. The Bertz CT molecular complexity index is 1190. The fourth-order valence-corrected chi connectivity index (χ4v) is 5.62. The summed E-state index contributed by atoms with van der Waals surface area (Å²) in [7, 11) is 1.61. The molecule has 1 aromatic carbocycles. The fraction of sp³-hybridized carbons (Fsp3) is 0.593. The number of ether oxygens (including phenoxy) is 4. The molecule has 0 unspecified atom stereocenters. The van der Waals surface area contributed by atoms with Gasteiger partial charge in [-0.05, 0) is 38.5 Å². The molecule has 38 heavy (non-hydrogen) atoms. The van der Waals surface area contributed by atoms with Crippen LogP contribution in [0.3, 0.4) is 0 Å². The van der Waals surface area contributed by atoms with Crippen LogP contribution in [-0.2, 0) is 14.3 Å². The number of anilines is 1. The van der Waals surface area contributed by atoms with Crippen molar-refractivity contribution in [2.45, 2.75) is 57.7 Å². The van der Waals surface area contributed by atoms with E-state index in [0.29, 0.717) is 42.8 Å². The topological polar surface area (TPSA) is 106 Å². The van der Waals surface area contributed by atoms with Crippen molar-refractivity contribution in [3.05, 3.63) is 41.3 Å². The molecule has 1 amide bonds. The van der Waals surface area contributed by atoms with E-state index in [0.717, 1.165) is 11.4 Å². The molecule has 0 aliphatic carbocycles. The van der Waals surface area contributed by atoms with Crippen molar-refractivity contribution in [2.75, 3.05) is 44.8 Å². The van der Waals surface area contributed by atoms with Crippen molar-refractivity contribution >= 4 is 23.3 Å². The molecule has 11 heteroatoms. The summed E-state index contributed by atoms with van der Waals surface area (Å²) in [4.78, 5) is 25.4. The van der Waals surface area contributed by atoms with Crippen molar-refractivity contribution < 1.29 is 28.8 Å². The quantitative estimate of drug-likeness (QED) is 0.525. The number of amides is 1. The van der Waals surface area contributed by atoms with Crippen LogP contribution in [0.4, 0.5) is 5.82 Å². The number of halogens is 1. The first-order valence-electron chi connectivity index (χ1n) is 12.8. The second-order valence-corrected chi connectivity index (χ2v) is 11.4. The van der Waals surface area contributed by atoms with Crippen LogP contribution in [0.5, 0.6) is 11.5 Å². The molecule has 0 bridgehead atoms. The van der Waals surface area contributed by atoms with Gasteiger partial charge >= 0.3 is 0 Å². The molecule has 2 aromatic rings. The van der Waals surface area contributed by atoms with Crippen molar-refractivity contribution in [1.82, 2.24) is 14.9 Å². The van der Waals surface area contributed by atoms with E-state index in [2.05, 4.69) is 14.9 Å². The number of aliphatic hydroxyl groups is 1. The number of hydrogen-bond donors (Lipinski definition) is 1. The Balaban J connectivity index is 1.33. The van der Waals surface area contributed by atoms with Crippen molar-refractivity contribution in [3.63, 3.8) is 0 Å². The molecule has 3 fully saturated rings. The van der Waals surface area contributed by atoms with Gasteiger partial charge in [0.25, 0.3) is 5.91 Å². The number of likely N-dealkylation sites (tertiary alicyclic amines) is 1. The molecule has 0 spiro atoms. The summed E-state index contributed by atoms with van der Waals surface area (Å²) in [5.41, 5.74) is 0.415. The van der Waals surface area contributed by atoms with Gasteiger partial charge in [-0.1, -0.05) is 24.6 Å². The number of rotatable bonds is 7. The molecule has 3 saturated heterocycles. The first-order valence-corrected chi connectivity index (χ1v) is 13.2. The highest BCUT2D eigenvalue weighted by molar-refractivity contribution is 6.29. The number of hydrogen-bond acceptors (Lipinski definition) is 9. The summed E-state index contributed by atoms with van der Waals surface area (Å²) in [5, 5.41) is 11.2. The van der Waals surface area contributed by atoms with Gasteiger partial charge in [0.15, 0.2) is 23.4 Å². The molecule has 0 saturated carbocycles. The summed E-state index contributed by atoms with van der Waals surface area (Å²) < 4.78 is 23.4. The van der Waals surface area contributed by atoms with Crippen LogP contribution in [-0.4, -0.2) is 89.9 Å². The highest BCUT2D eigenvalue weighted by Crippen LogP contribution is 2.47. The number of carbonyl (C=O) groups is 1. The van der Waals surface area contributed by atoms with Crippen LogP contribution in [0.2, 0.25) is 5.15 Å². The van der Waals surface area contributed by atoms with E-state index >= 15 is 0 Å². The molecule has 5 rings (SSSR count). The molecule has 3 aliphatic rings. The number of nitrogens with zero attached hydrogens (tertiary/aromatic N) is 4. The highest BCUT2D eigenvalue weighted by atomic mass is 35.5. The lowest BCUT2D eigenvalue weighted by atomic mass is 9.72. The third-order valence-corrected chi connectivity index (χ3v) is 8.16. The summed E-state index contributed by atoms with van der Waals surface area (Å²) in [6, 6.07) is 7.57. The van der Waals surface area contributed by atoms with Crippen LogP contribution in [0, 0.1) is 5.41 Å². The van der Waals surface area contributed by atoms with E-state index in [4.69, 9.17) is 30.5 Å². The van der Waals surface area contributed by atoms with Crippen molar-refractivity contribution in [2.24, 2.45) is 5.41 Å². The summed E-state index contributed by atoms with van der Waals surface area (Å²) in [5.74, 6) is 0.994. The Hall–Kier alpha value is -2.66. The molecule has 10 nitrogen and oxygen atoms in total. The van der Waals surface area contributed by atoms with Crippen LogP contribution < -0.4 is 14.4 Å². The Labute approximate surface area is 227 Å². The Morgan fingerprint density at radius 1 is 1.18 bits per heavy atom. The van der Waals surface area contributed by atoms with Gasteiger partial charge in [0.1, 0.15) is 23.4 Å². The zero-order valence-electron chi connectivity index (χ0n) is 22.4. The molecular weight excluding hydrogens is 512 g/mol. The SMILES string of the molecule is COc1ccc([C@@H]2CN(C(=O)[C@@H]3COC(C)(C)O3)C[C@@]2(C)[C@@H](C)O)cc1OC1CN(c2cc(Cl)ncn2)C1. The minimum atomic E-state index is -0.786. The molecular formula is C27H35ClN4O6. The zero-order chi connectivity index (χ0) is 27.2. The van der Waals surface area contributed by atoms with Gasteiger partial charge in [-0.3, -0.25) is 4.79 Å². The lowest BCUT2D eigenvalue weighted by molar-refractivity contribution is -0.159. The van der Waals surface area contributed by atoms with E-state index in [1.807, 2.05) is 25.1 Å². The minimum absolute atomic E-state index is 0.0550. The van der Waals surface area contributed by atoms with E-state index in [1.54, 1.807) is 38.8 Å². The average Bonchev–Trinajstić information content (AvgIpc) is 3.40. The largest absolute Gasteiger partial charge is 0.493 e. The smallest absolute Gasteiger partial charge is 0.254 e. The first-order chi connectivity index (χ1) is 18.0. The van der Waals surface area contributed by atoms with Gasteiger partial charge in [-0.15, -0.1) is 0 Å². The molecule has 1 aromatic heterocycles. The summed E-state index contributed by atoms with van der Waals surface area (Å²) >= 11 is 6.00. The monoisotopic (exact) mass is 546 g/mol. The lowest BCUT2D eigenvalue weighted by Crippen LogP contribution is -2.54. The van der Waals surface area contributed by atoms with Crippen molar-refractivity contribution in [1.29, 1.82) is 0 Å². The van der Waals surface area contributed by atoms with Crippen molar-refractivity contribution in [3.8, 4) is 11.5 Å². The van der Waals surface area contributed by atoms with Gasteiger partial charge in [-0.25, -0.2) is 9.97 Å². The Kier molecular flexibility index (Phi) is 7.19. The Morgan fingerprint density at radius 2 is 1.95 bits per heavy atom. The normalized spacial score (nSPS) is 27.8. The average molecular weight is 547 g/mol. The van der Waals surface area contributed by atoms with E-state index in [9.17, 15) is 9.90 Å². The van der Waals surface area contributed by atoms with Crippen LogP contribution in [0.25, 0.3) is 0 Å². The number of methoxy groups -OCH3 is 1. The third-order valence-electron chi connectivity index (χ3n) is 7.96. The van der Waals surface area contributed by atoms with Gasteiger partial charge in [0.2, 0.25) is 0 Å². The number of aliphatic hydroxyl groups excluding tert-OH is 1. The van der Waals surface area contributed by atoms with E-state index < -0.39 is 23.4 Å². The molecule has 0 radical (unpaired) electrons. The van der Waals surface area contributed by atoms with Crippen LogP contribution in [0.15, 0.2) is 30.6 Å². The molecule has 3 aliphatic heterocycles. The van der Waals surface area contributed by atoms with E-state index in [1.165, 1.54) is 6.33 Å². The predicted molar refractivity (Wildman–Crippen MR) is 141 cm³/mol. The third kappa shape index (κ3) is 5.14. The Morgan fingerprint density at radius 3 is 2.58 bits per heavy atom. The van der Waals surface area contributed by atoms with Crippen LogP contribution in [0.1, 0.15) is 39.2 Å². The number of carbonyl (C=O) groups excluding carboxylic acids is 1. The second-order valence-electron chi connectivity index (χ2n) is 11.0. The number of benzene rings is 1. The summed E-state index contributed by atoms with van der Waals surface area (Å²) in [6.45, 7) is 9.79. The van der Waals surface area contributed by atoms with Gasteiger partial charge < -0.3 is 33.9 Å².